The number of anilines is 1. The standard InChI is InChI=1S/C26H21ClN2O5/c1-17-2-10-21(11-3-17)33-14-15-34-22-12-4-18(5-13-22)16-23-24(30)28-26(32)29(25(23)31)20-8-6-19(27)7-9-20/h2-13,16H,14-15H2,1H3,(H,28,30,32). The average molecular weight is 477 g/mol. The molecule has 172 valence electrons. The third kappa shape index (κ3) is 5.44. The van der Waals surface area contributed by atoms with E-state index in [0.29, 0.717) is 35.2 Å². The van der Waals surface area contributed by atoms with Gasteiger partial charge in [0.25, 0.3) is 11.8 Å². The van der Waals surface area contributed by atoms with E-state index in [4.69, 9.17) is 21.1 Å². The van der Waals surface area contributed by atoms with Gasteiger partial charge in [-0.3, -0.25) is 14.9 Å². The first-order chi connectivity index (χ1) is 16.4. The number of imide groups is 2. The lowest BCUT2D eigenvalue weighted by Crippen LogP contribution is -2.54. The number of rotatable bonds is 7. The maximum absolute atomic E-state index is 12.9. The van der Waals surface area contributed by atoms with Gasteiger partial charge in [0.2, 0.25) is 0 Å². The van der Waals surface area contributed by atoms with Crippen LogP contribution < -0.4 is 19.7 Å². The number of hydrogen-bond acceptors (Lipinski definition) is 5. The van der Waals surface area contributed by atoms with Crippen molar-refractivity contribution in [1.82, 2.24) is 5.32 Å². The summed E-state index contributed by atoms with van der Waals surface area (Å²) >= 11 is 5.88. The molecule has 7 nitrogen and oxygen atoms in total. The summed E-state index contributed by atoms with van der Waals surface area (Å²) in [7, 11) is 0. The molecule has 1 aliphatic heterocycles. The van der Waals surface area contributed by atoms with E-state index < -0.39 is 17.8 Å². The van der Waals surface area contributed by atoms with Gasteiger partial charge in [-0.2, -0.15) is 0 Å². The minimum Gasteiger partial charge on any atom is -0.490 e. The molecular formula is C26H21ClN2O5. The number of carbonyl (C=O) groups is 3. The Morgan fingerprint density at radius 3 is 1.97 bits per heavy atom. The number of carbonyl (C=O) groups excluding carboxylic acids is 3. The molecule has 1 aliphatic rings. The van der Waals surface area contributed by atoms with Crippen LogP contribution in [0.2, 0.25) is 5.02 Å². The fourth-order valence-electron chi connectivity index (χ4n) is 3.26. The monoisotopic (exact) mass is 476 g/mol. The number of hydrogen-bond donors (Lipinski definition) is 1. The van der Waals surface area contributed by atoms with E-state index in [1.54, 1.807) is 36.4 Å². The Balaban J connectivity index is 1.39. The van der Waals surface area contributed by atoms with Gasteiger partial charge in [-0.1, -0.05) is 41.4 Å². The molecule has 8 heteroatoms. The topological polar surface area (TPSA) is 84.9 Å². The number of nitrogens with one attached hydrogen (secondary N) is 1. The fourth-order valence-corrected chi connectivity index (χ4v) is 3.39. The molecule has 1 N–H and O–H groups in total. The quantitative estimate of drug-likeness (QED) is 0.301. The third-order valence-corrected chi connectivity index (χ3v) is 5.27. The third-order valence-electron chi connectivity index (χ3n) is 5.02. The second-order valence-corrected chi connectivity index (χ2v) is 7.95. The Morgan fingerprint density at radius 2 is 1.38 bits per heavy atom. The van der Waals surface area contributed by atoms with E-state index in [1.807, 2.05) is 31.2 Å². The number of nitrogens with zero attached hydrogens (tertiary/aromatic N) is 1. The molecule has 0 radical (unpaired) electrons. The van der Waals surface area contributed by atoms with Crippen molar-refractivity contribution < 1.29 is 23.9 Å². The normalized spacial score (nSPS) is 14.8. The first-order valence-corrected chi connectivity index (χ1v) is 10.9. The van der Waals surface area contributed by atoms with Gasteiger partial charge in [0.1, 0.15) is 30.3 Å². The maximum atomic E-state index is 12.9. The van der Waals surface area contributed by atoms with Crippen LogP contribution in [0.5, 0.6) is 11.5 Å². The highest BCUT2D eigenvalue weighted by atomic mass is 35.5. The maximum Gasteiger partial charge on any atom is 0.335 e. The number of barbiturate groups is 1. The molecule has 0 saturated carbocycles. The highest BCUT2D eigenvalue weighted by Crippen LogP contribution is 2.24. The largest absolute Gasteiger partial charge is 0.490 e. The molecule has 0 spiro atoms. The van der Waals surface area contributed by atoms with Crippen molar-refractivity contribution in [3.8, 4) is 11.5 Å². The number of aryl methyl sites for hydroxylation is 1. The lowest BCUT2D eigenvalue weighted by atomic mass is 10.1. The molecule has 3 aromatic rings. The van der Waals surface area contributed by atoms with E-state index in [0.717, 1.165) is 16.2 Å². The molecule has 1 heterocycles. The van der Waals surface area contributed by atoms with Crippen LogP contribution in [-0.4, -0.2) is 31.1 Å². The molecule has 0 bridgehead atoms. The van der Waals surface area contributed by atoms with Crippen molar-refractivity contribution in [2.75, 3.05) is 18.1 Å². The summed E-state index contributed by atoms with van der Waals surface area (Å²) in [6.07, 6.45) is 1.43. The summed E-state index contributed by atoms with van der Waals surface area (Å²) in [5, 5.41) is 2.66. The zero-order chi connectivity index (χ0) is 24.1. The second-order valence-electron chi connectivity index (χ2n) is 7.51. The van der Waals surface area contributed by atoms with Crippen LogP contribution in [0.25, 0.3) is 6.08 Å². The molecule has 34 heavy (non-hydrogen) atoms. The summed E-state index contributed by atoms with van der Waals surface area (Å²) < 4.78 is 11.3. The number of benzene rings is 3. The molecular weight excluding hydrogens is 456 g/mol. The smallest absolute Gasteiger partial charge is 0.335 e. The van der Waals surface area contributed by atoms with Gasteiger partial charge in [0.15, 0.2) is 0 Å². The molecule has 4 amide bonds. The Labute approximate surface area is 201 Å². The van der Waals surface area contributed by atoms with Crippen LogP contribution in [0.1, 0.15) is 11.1 Å². The summed E-state index contributed by atoms with van der Waals surface area (Å²) in [5.74, 6) is -0.0804. The summed E-state index contributed by atoms with van der Waals surface area (Å²) in [4.78, 5) is 38.4. The molecule has 0 aromatic heterocycles. The highest BCUT2D eigenvalue weighted by Gasteiger charge is 2.36. The van der Waals surface area contributed by atoms with E-state index in [-0.39, 0.29) is 5.57 Å². The van der Waals surface area contributed by atoms with Crippen molar-refractivity contribution in [3.05, 3.63) is 94.5 Å². The van der Waals surface area contributed by atoms with Crippen LogP contribution in [-0.2, 0) is 9.59 Å². The number of amides is 4. The van der Waals surface area contributed by atoms with Crippen LogP contribution >= 0.6 is 11.6 Å². The molecule has 0 atom stereocenters. The Hall–Kier alpha value is -4.10. The van der Waals surface area contributed by atoms with Crippen molar-refractivity contribution in [3.63, 3.8) is 0 Å². The SMILES string of the molecule is Cc1ccc(OCCOc2ccc(C=C3C(=O)NC(=O)N(c4ccc(Cl)cc4)C3=O)cc2)cc1. The van der Waals surface area contributed by atoms with E-state index >= 15 is 0 Å². The molecule has 0 aliphatic carbocycles. The predicted molar refractivity (Wildman–Crippen MR) is 129 cm³/mol. The van der Waals surface area contributed by atoms with Gasteiger partial charge >= 0.3 is 6.03 Å². The zero-order valence-electron chi connectivity index (χ0n) is 18.3. The first-order valence-electron chi connectivity index (χ1n) is 10.5. The van der Waals surface area contributed by atoms with Crippen LogP contribution in [0.15, 0.2) is 78.4 Å². The minimum absolute atomic E-state index is 0.158. The summed E-state index contributed by atoms with van der Waals surface area (Å²) in [6, 6.07) is 20.0. The lowest BCUT2D eigenvalue weighted by molar-refractivity contribution is -0.122. The molecule has 3 aromatic carbocycles. The second kappa shape index (κ2) is 10.2. The van der Waals surface area contributed by atoms with Crippen molar-refractivity contribution >= 4 is 41.2 Å². The highest BCUT2D eigenvalue weighted by molar-refractivity contribution is 6.39. The average Bonchev–Trinajstić information content (AvgIpc) is 2.82. The Kier molecular flexibility index (Phi) is 6.94. The van der Waals surface area contributed by atoms with E-state index in [1.165, 1.54) is 18.2 Å². The summed E-state index contributed by atoms with van der Waals surface area (Å²) in [5.41, 5.74) is 1.92. The van der Waals surface area contributed by atoms with E-state index in [9.17, 15) is 14.4 Å². The van der Waals surface area contributed by atoms with Gasteiger partial charge in [0.05, 0.1) is 5.69 Å². The summed E-state index contributed by atoms with van der Waals surface area (Å²) in [6.45, 7) is 2.75. The first kappa shape index (κ1) is 23.1. The molecule has 1 saturated heterocycles. The number of urea groups is 1. The van der Waals surface area contributed by atoms with E-state index in [2.05, 4.69) is 5.32 Å². The van der Waals surface area contributed by atoms with Crippen LogP contribution in [0, 0.1) is 6.92 Å². The fraction of sp³-hybridized carbons (Fsp3) is 0.115. The predicted octanol–water partition coefficient (Wildman–Crippen LogP) is 4.77. The molecule has 0 unspecified atom stereocenters. The van der Waals surface area contributed by atoms with Gasteiger partial charge < -0.3 is 9.47 Å². The molecule has 1 fully saturated rings. The zero-order valence-corrected chi connectivity index (χ0v) is 19.0. The number of halogens is 1. The Bertz CT molecular complexity index is 1240. The van der Waals surface area contributed by atoms with Gasteiger partial charge in [0, 0.05) is 5.02 Å². The van der Waals surface area contributed by atoms with Crippen LogP contribution in [0.3, 0.4) is 0 Å². The van der Waals surface area contributed by atoms with Crippen molar-refractivity contribution in [2.45, 2.75) is 6.92 Å². The Morgan fingerprint density at radius 1 is 0.824 bits per heavy atom. The number of ether oxygens (including phenoxy) is 2. The molecule has 4 rings (SSSR count). The minimum atomic E-state index is -0.814. The van der Waals surface area contributed by atoms with Crippen molar-refractivity contribution in [1.29, 1.82) is 0 Å². The van der Waals surface area contributed by atoms with Gasteiger partial charge in [-0.25, -0.2) is 9.69 Å². The van der Waals surface area contributed by atoms with Gasteiger partial charge in [-0.05, 0) is 67.1 Å². The van der Waals surface area contributed by atoms with Crippen molar-refractivity contribution in [2.24, 2.45) is 0 Å². The lowest BCUT2D eigenvalue weighted by Gasteiger charge is -2.26. The van der Waals surface area contributed by atoms with Crippen LogP contribution in [0.4, 0.5) is 10.5 Å². The van der Waals surface area contributed by atoms with Gasteiger partial charge in [-0.15, -0.1) is 0 Å².